The van der Waals surface area contributed by atoms with Crippen LogP contribution < -0.4 is 0 Å². The Morgan fingerprint density at radius 2 is 1.83 bits per heavy atom. The summed E-state index contributed by atoms with van der Waals surface area (Å²) in [6.45, 7) is 13.2. The molecule has 1 aliphatic rings. The molecular weight excluding hydrogens is 290 g/mol. The Kier molecular flexibility index (Phi) is 7.72. The molecule has 0 aromatic heterocycles. The van der Waals surface area contributed by atoms with Gasteiger partial charge in [-0.3, -0.25) is 14.5 Å². The van der Waals surface area contributed by atoms with Gasteiger partial charge in [0.05, 0.1) is 12.5 Å². The predicted octanol–water partition coefficient (Wildman–Crippen LogP) is 3.97. The molecule has 0 aromatic rings. The van der Waals surface area contributed by atoms with Gasteiger partial charge in [0.1, 0.15) is 5.60 Å². The summed E-state index contributed by atoms with van der Waals surface area (Å²) in [5.41, 5.74) is -0.483. The Hall–Kier alpha value is -0.900. The number of carbonyl (C=O) groups is 2. The first kappa shape index (κ1) is 20.1. The zero-order chi connectivity index (χ0) is 17.6. The molecule has 0 radical (unpaired) electrons. The maximum Gasteiger partial charge on any atom is 0.306 e. The second kappa shape index (κ2) is 8.81. The molecule has 0 aromatic carbocycles. The summed E-state index contributed by atoms with van der Waals surface area (Å²) in [4.78, 5) is 26.8. The predicted molar refractivity (Wildman–Crippen MR) is 93.3 cm³/mol. The summed E-state index contributed by atoms with van der Waals surface area (Å²) in [6, 6.07) is 0.443. The van der Waals surface area contributed by atoms with Crippen LogP contribution in [-0.2, 0) is 14.3 Å². The number of piperidine rings is 1. The fourth-order valence-electron chi connectivity index (χ4n) is 3.16. The highest BCUT2D eigenvalue weighted by Crippen LogP contribution is 2.25. The van der Waals surface area contributed by atoms with Gasteiger partial charge in [-0.05, 0) is 65.8 Å². The van der Waals surface area contributed by atoms with Gasteiger partial charge in [0, 0.05) is 12.5 Å². The van der Waals surface area contributed by atoms with Crippen LogP contribution in [0.2, 0.25) is 0 Å². The van der Waals surface area contributed by atoms with E-state index >= 15 is 0 Å². The molecule has 4 nitrogen and oxygen atoms in total. The second-order valence-corrected chi connectivity index (χ2v) is 8.27. The summed E-state index contributed by atoms with van der Waals surface area (Å²) in [5, 5.41) is 0. The van der Waals surface area contributed by atoms with Gasteiger partial charge in [-0.15, -0.1) is 0 Å². The van der Waals surface area contributed by atoms with Crippen LogP contribution in [0.1, 0.15) is 80.1 Å². The van der Waals surface area contributed by atoms with Crippen LogP contribution in [-0.4, -0.2) is 40.9 Å². The SMILES string of the molecule is CC(C)CCN1C(C)CCCC1C(=O)CCC(=O)OC(C)(C)C. The summed E-state index contributed by atoms with van der Waals surface area (Å²) in [6.07, 6.45) is 4.79. The van der Waals surface area contributed by atoms with E-state index in [1.54, 1.807) is 0 Å². The van der Waals surface area contributed by atoms with E-state index in [0.29, 0.717) is 18.4 Å². The van der Waals surface area contributed by atoms with E-state index in [0.717, 1.165) is 32.2 Å². The lowest BCUT2D eigenvalue weighted by atomic mass is 9.91. The van der Waals surface area contributed by atoms with Gasteiger partial charge in [0.15, 0.2) is 5.78 Å². The Morgan fingerprint density at radius 1 is 1.17 bits per heavy atom. The minimum absolute atomic E-state index is 0.0139. The fourth-order valence-corrected chi connectivity index (χ4v) is 3.16. The molecule has 0 aliphatic carbocycles. The summed E-state index contributed by atoms with van der Waals surface area (Å²) in [5.74, 6) is 0.566. The lowest BCUT2D eigenvalue weighted by Gasteiger charge is -2.40. The van der Waals surface area contributed by atoms with Gasteiger partial charge in [0.25, 0.3) is 0 Å². The van der Waals surface area contributed by atoms with Crippen LogP contribution in [0.5, 0.6) is 0 Å². The lowest BCUT2D eigenvalue weighted by Crippen LogP contribution is -2.49. The molecule has 4 heteroatoms. The Morgan fingerprint density at radius 3 is 2.39 bits per heavy atom. The van der Waals surface area contributed by atoms with Crippen molar-refractivity contribution in [1.82, 2.24) is 4.90 Å². The van der Waals surface area contributed by atoms with Crippen molar-refractivity contribution in [1.29, 1.82) is 0 Å². The first-order valence-electron chi connectivity index (χ1n) is 9.10. The normalized spacial score (nSPS) is 23.1. The van der Waals surface area contributed by atoms with Crippen molar-refractivity contribution in [3.05, 3.63) is 0 Å². The molecule has 2 unspecified atom stereocenters. The van der Waals surface area contributed by atoms with Gasteiger partial charge in [-0.25, -0.2) is 0 Å². The van der Waals surface area contributed by atoms with E-state index in [9.17, 15) is 9.59 Å². The van der Waals surface area contributed by atoms with E-state index in [-0.39, 0.29) is 24.2 Å². The van der Waals surface area contributed by atoms with E-state index in [4.69, 9.17) is 4.74 Å². The number of hydrogen-bond acceptors (Lipinski definition) is 4. The van der Waals surface area contributed by atoms with Crippen molar-refractivity contribution in [2.75, 3.05) is 6.54 Å². The topological polar surface area (TPSA) is 46.6 Å². The quantitative estimate of drug-likeness (QED) is 0.665. The first-order valence-corrected chi connectivity index (χ1v) is 9.10. The zero-order valence-electron chi connectivity index (χ0n) is 15.9. The maximum atomic E-state index is 12.6. The third-order valence-corrected chi connectivity index (χ3v) is 4.40. The number of ketones is 1. The van der Waals surface area contributed by atoms with Crippen molar-refractivity contribution in [2.45, 2.75) is 97.8 Å². The molecule has 1 fully saturated rings. The third kappa shape index (κ3) is 7.47. The number of hydrogen-bond donors (Lipinski definition) is 0. The van der Waals surface area contributed by atoms with Gasteiger partial charge < -0.3 is 4.74 Å². The molecule has 0 N–H and O–H groups in total. The highest BCUT2D eigenvalue weighted by Gasteiger charge is 2.32. The van der Waals surface area contributed by atoms with Crippen molar-refractivity contribution in [2.24, 2.45) is 5.92 Å². The molecule has 1 heterocycles. The van der Waals surface area contributed by atoms with E-state index < -0.39 is 5.60 Å². The molecule has 2 atom stereocenters. The number of likely N-dealkylation sites (tertiary alicyclic amines) is 1. The van der Waals surface area contributed by atoms with E-state index in [2.05, 4.69) is 25.7 Å². The molecule has 1 rings (SSSR count). The van der Waals surface area contributed by atoms with Crippen LogP contribution in [0.4, 0.5) is 0 Å². The number of ether oxygens (including phenoxy) is 1. The Balaban J connectivity index is 2.55. The number of esters is 1. The van der Waals surface area contributed by atoms with Crippen molar-refractivity contribution < 1.29 is 14.3 Å². The third-order valence-electron chi connectivity index (χ3n) is 4.40. The molecule has 0 bridgehead atoms. The van der Waals surface area contributed by atoms with E-state index in [1.807, 2.05) is 20.8 Å². The second-order valence-electron chi connectivity index (χ2n) is 8.27. The first-order chi connectivity index (χ1) is 10.6. The average molecular weight is 325 g/mol. The van der Waals surface area contributed by atoms with Gasteiger partial charge in [0.2, 0.25) is 0 Å². The fraction of sp³-hybridized carbons (Fsp3) is 0.895. The van der Waals surface area contributed by atoms with Crippen molar-refractivity contribution >= 4 is 11.8 Å². The zero-order valence-corrected chi connectivity index (χ0v) is 15.9. The number of rotatable bonds is 7. The molecule has 0 amide bonds. The summed E-state index contributed by atoms with van der Waals surface area (Å²) in [7, 11) is 0. The highest BCUT2D eigenvalue weighted by molar-refractivity contribution is 5.87. The minimum Gasteiger partial charge on any atom is -0.460 e. The standard InChI is InChI=1S/C19H35NO3/c1-14(2)12-13-20-15(3)8-7-9-16(20)17(21)10-11-18(22)23-19(4,5)6/h14-16H,7-13H2,1-6H3. The largest absolute Gasteiger partial charge is 0.460 e. The molecule has 23 heavy (non-hydrogen) atoms. The van der Waals surface area contributed by atoms with E-state index in [1.165, 1.54) is 0 Å². The molecule has 134 valence electrons. The average Bonchev–Trinajstić information content (AvgIpc) is 2.41. The van der Waals surface area contributed by atoms with Crippen molar-refractivity contribution in [3.8, 4) is 0 Å². The van der Waals surface area contributed by atoms with Gasteiger partial charge in [-0.2, -0.15) is 0 Å². The number of Topliss-reactive ketones (excluding diaryl/α,β-unsaturated/α-hetero) is 1. The van der Waals surface area contributed by atoms with Crippen LogP contribution >= 0.6 is 0 Å². The molecule has 1 aliphatic heterocycles. The van der Waals surface area contributed by atoms with Crippen LogP contribution in [0.3, 0.4) is 0 Å². The van der Waals surface area contributed by atoms with Crippen LogP contribution in [0.15, 0.2) is 0 Å². The van der Waals surface area contributed by atoms with Crippen LogP contribution in [0, 0.1) is 5.92 Å². The molecule has 1 saturated heterocycles. The minimum atomic E-state index is -0.483. The molecular formula is C19H35NO3. The van der Waals surface area contributed by atoms with Crippen LogP contribution in [0.25, 0.3) is 0 Å². The molecule has 0 spiro atoms. The lowest BCUT2D eigenvalue weighted by molar-refractivity contribution is -0.156. The van der Waals surface area contributed by atoms with Gasteiger partial charge >= 0.3 is 5.97 Å². The highest BCUT2D eigenvalue weighted by atomic mass is 16.6. The molecule has 0 saturated carbocycles. The monoisotopic (exact) mass is 325 g/mol. The van der Waals surface area contributed by atoms with Gasteiger partial charge in [-0.1, -0.05) is 13.8 Å². The number of nitrogens with zero attached hydrogens (tertiary/aromatic N) is 1. The summed E-state index contributed by atoms with van der Waals surface area (Å²) < 4.78 is 5.30. The smallest absolute Gasteiger partial charge is 0.306 e. The number of carbonyl (C=O) groups excluding carboxylic acids is 2. The summed E-state index contributed by atoms with van der Waals surface area (Å²) >= 11 is 0. The maximum absolute atomic E-state index is 12.6. The van der Waals surface area contributed by atoms with Crippen molar-refractivity contribution in [3.63, 3.8) is 0 Å². The Labute approximate surface area is 141 Å². The Bertz CT molecular complexity index is 398.